The molecule has 0 spiro atoms. The molecule has 13 heavy (non-hydrogen) atoms. The Balaban J connectivity index is 2.19. The highest BCUT2D eigenvalue weighted by Crippen LogP contribution is 2.44. The fourth-order valence-corrected chi connectivity index (χ4v) is 2.02. The molecular weight excluding hydrogens is 160 g/mol. The second-order valence-electron chi connectivity index (χ2n) is 3.82. The van der Waals surface area contributed by atoms with Crippen molar-refractivity contribution in [3.63, 3.8) is 0 Å². The van der Waals surface area contributed by atoms with Crippen LogP contribution in [-0.2, 0) is 0 Å². The van der Waals surface area contributed by atoms with Crippen LogP contribution < -0.4 is 0 Å². The first kappa shape index (κ1) is 7.07. The van der Waals surface area contributed by atoms with Crippen LogP contribution in [-0.4, -0.2) is 5.78 Å². The molecule has 0 heterocycles. The van der Waals surface area contributed by atoms with E-state index in [0.29, 0.717) is 17.6 Å². The first-order chi connectivity index (χ1) is 6.36. The lowest BCUT2D eigenvalue weighted by molar-refractivity contribution is 0.0964. The largest absolute Gasteiger partial charge is 0.294 e. The van der Waals surface area contributed by atoms with Crippen LogP contribution in [0.3, 0.4) is 0 Å². The van der Waals surface area contributed by atoms with Gasteiger partial charge < -0.3 is 0 Å². The molecule has 0 N–H and O–H groups in total. The van der Waals surface area contributed by atoms with E-state index in [1.807, 2.05) is 24.3 Å². The van der Waals surface area contributed by atoms with Crippen LogP contribution in [0.5, 0.6) is 0 Å². The molecule has 0 bridgehead atoms. The Morgan fingerprint density at radius 3 is 3.00 bits per heavy atom. The van der Waals surface area contributed by atoms with Crippen molar-refractivity contribution < 1.29 is 4.79 Å². The SMILES string of the molecule is O=C1c2ccccc2C=CC2CC12. The van der Waals surface area contributed by atoms with Crippen LogP contribution in [0.15, 0.2) is 30.3 Å². The number of Topliss-reactive ketones (excluding diaryl/α,β-unsaturated/α-hetero) is 1. The maximum atomic E-state index is 11.8. The summed E-state index contributed by atoms with van der Waals surface area (Å²) in [7, 11) is 0. The Morgan fingerprint density at radius 2 is 2.08 bits per heavy atom. The van der Waals surface area contributed by atoms with Gasteiger partial charge in [0, 0.05) is 11.5 Å². The lowest BCUT2D eigenvalue weighted by Crippen LogP contribution is -2.03. The third kappa shape index (κ3) is 0.966. The molecule has 0 radical (unpaired) electrons. The Labute approximate surface area is 77.1 Å². The summed E-state index contributed by atoms with van der Waals surface area (Å²) < 4.78 is 0. The van der Waals surface area contributed by atoms with Crippen molar-refractivity contribution in [2.75, 3.05) is 0 Å². The van der Waals surface area contributed by atoms with Crippen molar-refractivity contribution >= 4 is 11.9 Å². The fraction of sp³-hybridized carbons (Fsp3) is 0.250. The molecule has 3 rings (SSSR count). The lowest BCUT2D eigenvalue weighted by Gasteiger charge is -2.01. The molecule has 2 aliphatic carbocycles. The molecule has 0 amide bonds. The second-order valence-corrected chi connectivity index (χ2v) is 3.82. The van der Waals surface area contributed by atoms with Crippen LogP contribution in [0.2, 0.25) is 0 Å². The van der Waals surface area contributed by atoms with Gasteiger partial charge in [0.2, 0.25) is 0 Å². The fourth-order valence-electron chi connectivity index (χ4n) is 2.02. The van der Waals surface area contributed by atoms with Gasteiger partial charge in [-0.15, -0.1) is 0 Å². The van der Waals surface area contributed by atoms with Crippen molar-refractivity contribution in [1.82, 2.24) is 0 Å². The summed E-state index contributed by atoms with van der Waals surface area (Å²) in [5.41, 5.74) is 1.99. The summed E-state index contributed by atoms with van der Waals surface area (Å²) in [5.74, 6) is 1.16. The summed E-state index contributed by atoms with van der Waals surface area (Å²) in [4.78, 5) is 11.8. The number of hydrogen-bond acceptors (Lipinski definition) is 1. The topological polar surface area (TPSA) is 17.1 Å². The Hall–Kier alpha value is -1.37. The molecule has 1 heteroatoms. The van der Waals surface area contributed by atoms with E-state index in [0.717, 1.165) is 17.5 Å². The van der Waals surface area contributed by atoms with E-state index < -0.39 is 0 Å². The first-order valence-electron chi connectivity index (χ1n) is 4.68. The van der Waals surface area contributed by atoms with Crippen molar-refractivity contribution in [2.24, 2.45) is 11.8 Å². The molecule has 2 unspecified atom stereocenters. The molecule has 1 aromatic rings. The van der Waals surface area contributed by atoms with E-state index in [9.17, 15) is 4.79 Å². The Kier molecular flexibility index (Phi) is 1.26. The molecule has 2 atom stereocenters. The summed E-state index contributed by atoms with van der Waals surface area (Å²) in [5, 5.41) is 0. The van der Waals surface area contributed by atoms with Gasteiger partial charge in [-0.05, 0) is 17.9 Å². The summed E-state index contributed by atoms with van der Waals surface area (Å²) in [6, 6.07) is 7.86. The number of fused-ring (bicyclic) bond motifs is 2. The van der Waals surface area contributed by atoms with Gasteiger partial charge in [-0.1, -0.05) is 36.4 Å². The Bertz CT molecular complexity index is 403. The number of allylic oxidation sites excluding steroid dienone is 1. The highest BCUT2D eigenvalue weighted by Gasteiger charge is 2.42. The lowest BCUT2D eigenvalue weighted by atomic mass is 10.0. The van der Waals surface area contributed by atoms with Crippen molar-refractivity contribution in [1.29, 1.82) is 0 Å². The maximum absolute atomic E-state index is 11.8. The van der Waals surface area contributed by atoms with E-state index in [1.54, 1.807) is 0 Å². The Morgan fingerprint density at radius 1 is 1.23 bits per heavy atom. The van der Waals surface area contributed by atoms with Crippen molar-refractivity contribution in [2.45, 2.75) is 6.42 Å². The molecule has 1 aromatic carbocycles. The highest BCUT2D eigenvalue weighted by molar-refractivity contribution is 6.03. The number of ketones is 1. The van der Waals surface area contributed by atoms with Gasteiger partial charge in [0.1, 0.15) is 0 Å². The molecule has 0 aliphatic heterocycles. The number of benzene rings is 1. The summed E-state index contributed by atoms with van der Waals surface area (Å²) in [6.07, 6.45) is 5.32. The minimum Gasteiger partial charge on any atom is -0.294 e. The molecule has 1 saturated carbocycles. The van der Waals surface area contributed by atoms with Crippen LogP contribution in [0.25, 0.3) is 6.08 Å². The minimum absolute atomic E-state index is 0.292. The van der Waals surface area contributed by atoms with Crippen LogP contribution in [0.1, 0.15) is 22.3 Å². The third-order valence-corrected chi connectivity index (χ3v) is 2.93. The molecular formula is C12H10O. The van der Waals surface area contributed by atoms with E-state index >= 15 is 0 Å². The monoisotopic (exact) mass is 170 g/mol. The standard InChI is InChI=1S/C12H10O/c13-12-10-4-2-1-3-8(10)5-6-9-7-11(9)12/h1-6,9,11H,7H2. The summed E-state index contributed by atoms with van der Waals surface area (Å²) >= 11 is 0. The van der Waals surface area contributed by atoms with E-state index in [1.165, 1.54) is 0 Å². The number of carbonyl (C=O) groups is 1. The summed E-state index contributed by atoms with van der Waals surface area (Å²) in [6.45, 7) is 0. The predicted octanol–water partition coefficient (Wildman–Crippen LogP) is 2.53. The van der Waals surface area contributed by atoms with Crippen LogP contribution in [0.4, 0.5) is 0 Å². The highest BCUT2D eigenvalue weighted by atomic mass is 16.1. The van der Waals surface area contributed by atoms with Gasteiger partial charge in [-0.3, -0.25) is 4.79 Å². The van der Waals surface area contributed by atoms with Gasteiger partial charge in [-0.2, -0.15) is 0 Å². The first-order valence-corrected chi connectivity index (χ1v) is 4.68. The zero-order valence-electron chi connectivity index (χ0n) is 7.23. The minimum atomic E-state index is 0.292. The van der Waals surface area contributed by atoms with Crippen LogP contribution in [0, 0.1) is 11.8 Å². The molecule has 0 aromatic heterocycles. The predicted molar refractivity (Wildman–Crippen MR) is 51.4 cm³/mol. The quantitative estimate of drug-likeness (QED) is 0.584. The molecule has 2 aliphatic rings. The van der Waals surface area contributed by atoms with E-state index in [4.69, 9.17) is 0 Å². The number of rotatable bonds is 0. The average Bonchev–Trinajstić information content (AvgIpc) is 2.92. The molecule has 0 saturated heterocycles. The average molecular weight is 170 g/mol. The molecule has 1 fully saturated rings. The zero-order chi connectivity index (χ0) is 8.84. The van der Waals surface area contributed by atoms with Gasteiger partial charge in [0.15, 0.2) is 5.78 Å². The van der Waals surface area contributed by atoms with E-state index in [2.05, 4.69) is 12.2 Å². The maximum Gasteiger partial charge on any atom is 0.167 e. The molecule has 64 valence electrons. The second kappa shape index (κ2) is 2.32. The normalized spacial score (nSPS) is 29.1. The van der Waals surface area contributed by atoms with Gasteiger partial charge in [0.05, 0.1) is 0 Å². The van der Waals surface area contributed by atoms with Gasteiger partial charge in [-0.25, -0.2) is 0 Å². The zero-order valence-corrected chi connectivity index (χ0v) is 7.23. The third-order valence-electron chi connectivity index (χ3n) is 2.93. The van der Waals surface area contributed by atoms with Crippen LogP contribution >= 0.6 is 0 Å². The van der Waals surface area contributed by atoms with Gasteiger partial charge in [0.25, 0.3) is 0 Å². The van der Waals surface area contributed by atoms with E-state index in [-0.39, 0.29) is 0 Å². The van der Waals surface area contributed by atoms with Crippen molar-refractivity contribution in [3.8, 4) is 0 Å². The van der Waals surface area contributed by atoms with Gasteiger partial charge >= 0.3 is 0 Å². The molecule has 1 nitrogen and oxygen atoms in total. The number of hydrogen-bond donors (Lipinski definition) is 0. The smallest absolute Gasteiger partial charge is 0.167 e. The van der Waals surface area contributed by atoms with Crippen molar-refractivity contribution in [3.05, 3.63) is 41.5 Å². The number of carbonyl (C=O) groups excluding carboxylic acids is 1.